The molecular formula is C15H20N2O3. The molecule has 0 aliphatic heterocycles. The van der Waals surface area contributed by atoms with E-state index in [1.807, 2.05) is 18.2 Å². The van der Waals surface area contributed by atoms with Crippen molar-refractivity contribution in [1.29, 1.82) is 0 Å². The highest BCUT2D eigenvalue weighted by molar-refractivity contribution is 5.75. The van der Waals surface area contributed by atoms with Crippen molar-refractivity contribution >= 4 is 17.0 Å². The van der Waals surface area contributed by atoms with Crippen LogP contribution in [0.2, 0.25) is 0 Å². The van der Waals surface area contributed by atoms with Gasteiger partial charge in [0.25, 0.3) is 0 Å². The maximum atomic E-state index is 10.5. The summed E-state index contributed by atoms with van der Waals surface area (Å²) in [5.74, 6) is 0.270. The van der Waals surface area contributed by atoms with Crippen molar-refractivity contribution in [2.24, 2.45) is 0 Å². The molecule has 0 amide bonds. The molecule has 1 heterocycles. The summed E-state index contributed by atoms with van der Waals surface area (Å²) in [6.45, 7) is 1.41. The van der Waals surface area contributed by atoms with Crippen LogP contribution in [-0.2, 0) is 22.5 Å². The fraction of sp³-hybridized carbons (Fsp3) is 0.467. The van der Waals surface area contributed by atoms with Crippen molar-refractivity contribution in [1.82, 2.24) is 9.55 Å². The second-order valence-corrected chi connectivity index (χ2v) is 4.76. The van der Waals surface area contributed by atoms with Gasteiger partial charge in [-0.05, 0) is 25.0 Å². The number of ether oxygens (including phenoxy) is 1. The molecule has 5 nitrogen and oxygen atoms in total. The van der Waals surface area contributed by atoms with Crippen LogP contribution >= 0.6 is 0 Å². The summed E-state index contributed by atoms with van der Waals surface area (Å²) in [5.41, 5.74) is 2.09. The number of fused-ring (bicyclic) bond motifs is 1. The first-order valence-corrected chi connectivity index (χ1v) is 6.87. The smallest absolute Gasteiger partial charge is 0.303 e. The number of aliphatic carboxylic acids is 1. The van der Waals surface area contributed by atoms with Crippen molar-refractivity contribution in [3.05, 3.63) is 30.1 Å². The molecule has 2 rings (SSSR count). The van der Waals surface area contributed by atoms with E-state index < -0.39 is 5.97 Å². The van der Waals surface area contributed by atoms with E-state index in [1.165, 1.54) is 0 Å². The van der Waals surface area contributed by atoms with E-state index in [-0.39, 0.29) is 6.42 Å². The zero-order valence-electron chi connectivity index (χ0n) is 11.7. The van der Waals surface area contributed by atoms with Gasteiger partial charge in [0.05, 0.1) is 17.6 Å². The Bertz CT molecular complexity index is 578. The van der Waals surface area contributed by atoms with Gasteiger partial charge in [0.15, 0.2) is 0 Å². The highest BCUT2D eigenvalue weighted by Gasteiger charge is 2.10. The van der Waals surface area contributed by atoms with Crippen LogP contribution in [0, 0.1) is 0 Å². The van der Waals surface area contributed by atoms with Gasteiger partial charge in [0, 0.05) is 26.5 Å². The lowest BCUT2D eigenvalue weighted by Gasteiger charge is -2.08. The summed E-state index contributed by atoms with van der Waals surface area (Å²) in [7, 11) is 1.69. The Morgan fingerprint density at radius 3 is 2.90 bits per heavy atom. The van der Waals surface area contributed by atoms with Gasteiger partial charge >= 0.3 is 5.97 Å². The molecule has 0 spiro atoms. The number of aromatic nitrogens is 2. The Morgan fingerprint density at radius 2 is 2.15 bits per heavy atom. The molecule has 1 aromatic heterocycles. The molecule has 0 atom stereocenters. The Kier molecular flexibility index (Phi) is 5.12. The molecule has 0 unspecified atom stereocenters. The third-order valence-electron chi connectivity index (χ3n) is 3.29. The average molecular weight is 276 g/mol. The summed E-state index contributed by atoms with van der Waals surface area (Å²) in [6, 6.07) is 8.03. The SMILES string of the molecule is COCCn1c(CCCCC(=O)O)nc2ccccc21. The Morgan fingerprint density at radius 1 is 1.35 bits per heavy atom. The summed E-state index contributed by atoms with van der Waals surface area (Å²) in [4.78, 5) is 15.2. The lowest BCUT2D eigenvalue weighted by atomic mass is 10.2. The number of carboxylic acids is 1. The van der Waals surface area contributed by atoms with E-state index >= 15 is 0 Å². The van der Waals surface area contributed by atoms with Crippen molar-refractivity contribution in [3.63, 3.8) is 0 Å². The minimum atomic E-state index is -0.738. The van der Waals surface area contributed by atoms with Crippen molar-refractivity contribution in [2.45, 2.75) is 32.2 Å². The van der Waals surface area contributed by atoms with Gasteiger partial charge in [0.2, 0.25) is 0 Å². The molecule has 0 radical (unpaired) electrons. The highest BCUT2D eigenvalue weighted by Crippen LogP contribution is 2.17. The Labute approximate surface area is 118 Å². The molecule has 0 bridgehead atoms. The zero-order valence-corrected chi connectivity index (χ0v) is 11.7. The van der Waals surface area contributed by atoms with Crippen LogP contribution in [0.4, 0.5) is 0 Å². The lowest BCUT2D eigenvalue weighted by molar-refractivity contribution is -0.137. The minimum Gasteiger partial charge on any atom is -0.481 e. The summed E-state index contributed by atoms with van der Waals surface area (Å²) in [5, 5.41) is 8.66. The molecule has 2 aromatic rings. The topological polar surface area (TPSA) is 64.3 Å². The molecule has 0 saturated heterocycles. The van der Waals surface area contributed by atoms with Gasteiger partial charge in [0.1, 0.15) is 5.82 Å². The van der Waals surface area contributed by atoms with Gasteiger partial charge in [-0.3, -0.25) is 4.79 Å². The largest absolute Gasteiger partial charge is 0.481 e. The number of nitrogens with zero attached hydrogens (tertiary/aromatic N) is 2. The average Bonchev–Trinajstić information content (AvgIpc) is 2.79. The first-order valence-electron chi connectivity index (χ1n) is 6.87. The number of imidazole rings is 1. The van der Waals surface area contributed by atoms with Crippen LogP contribution in [0.3, 0.4) is 0 Å². The quantitative estimate of drug-likeness (QED) is 0.752. The second-order valence-electron chi connectivity index (χ2n) is 4.76. The summed E-state index contributed by atoms with van der Waals surface area (Å²) in [6.07, 6.45) is 2.54. The molecule has 0 fully saturated rings. The third kappa shape index (κ3) is 3.57. The predicted octanol–water partition coefficient (Wildman–Crippen LogP) is 2.48. The number of hydrogen-bond acceptors (Lipinski definition) is 3. The molecule has 1 aromatic carbocycles. The molecule has 0 aliphatic carbocycles. The molecule has 0 aliphatic rings. The van der Waals surface area contributed by atoms with Gasteiger partial charge in [-0.25, -0.2) is 4.98 Å². The molecule has 5 heteroatoms. The van der Waals surface area contributed by atoms with Crippen molar-refractivity contribution in [3.8, 4) is 0 Å². The van der Waals surface area contributed by atoms with Crippen LogP contribution in [0.25, 0.3) is 11.0 Å². The first-order chi connectivity index (χ1) is 9.72. The van der Waals surface area contributed by atoms with Crippen LogP contribution < -0.4 is 0 Å². The summed E-state index contributed by atoms with van der Waals surface area (Å²) >= 11 is 0. The van der Waals surface area contributed by atoms with E-state index in [1.54, 1.807) is 7.11 Å². The van der Waals surface area contributed by atoms with E-state index in [4.69, 9.17) is 9.84 Å². The van der Waals surface area contributed by atoms with E-state index in [0.29, 0.717) is 13.0 Å². The fourth-order valence-electron chi connectivity index (χ4n) is 2.31. The molecule has 108 valence electrons. The molecule has 20 heavy (non-hydrogen) atoms. The van der Waals surface area contributed by atoms with Crippen LogP contribution in [0.1, 0.15) is 25.1 Å². The standard InChI is InChI=1S/C15H20N2O3/c1-20-11-10-17-13-7-3-2-6-12(13)16-14(17)8-4-5-9-15(18)19/h2-3,6-7H,4-5,8-11H2,1H3,(H,18,19). The number of carbonyl (C=O) groups is 1. The van der Waals surface area contributed by atoms with Crippen LogP contribution in [0.5, 0.6) is 0 Å². The third-order valence-corrected chi connectivity index (χ3v) is 3.29. The van der Waals surface area contributed by atoms with Gasteiger partial charge < -0.3 is 14.4 Å². The van der Waals surface area contributed by atoms with Crippen molar-refractivity contribution in [2.75, 3.05) is 13.7 Å². The van der Waals surface area contributed by atoms with Crippen LogP contribution in [0.15, 0.2) is 24.3 Å². The Hall–Kier alpha value is -1.88. The molecule has 1 N–H and O–H groups in total. The van der Waals surface area contributed by atoms with E-state index in [9.17, 15) is 4.79 Å². The zero-order chi connectivity index (χ0) is 14.4. The fourth-order valence-corrected chi connectivity index (χ4v) is 2.31. The lowest BCUT2D eigenvalue weighted by Crippen LogP contribution is -2.08. The molecule has 0 saturated carbocycles. The highest BCUT2D eigenvalue weighted by atomic mass is 16.5. The number of hydrogen-bond donors (Lipinski definition) is 1. The first kappa shape index (κ1) is 14.5. The number of aryl methyl sites for hydroxylation is 1. The van der Waals surface area contributed by atoms with Gasteiger partial charge in [-0.1, -0.05) is 12.1 Å². The number of rotatable bonds is 8. The number of para-hydroxylation sites is 2. The summed E-state index contributed by atoms with van der Waals surface area (Å²) < 4.78 is 7.32. The van der Waals surface area contributed by atoms with E-state index in [2.05, 4.69) is 15.6 Å². The second kappa shape index (κ2) is 7.05. The normalized spacial score (nSPS) is 11.1. The minimum absolute atomic E-state index is 0.221. The Balaban J connectivity index is 2.11. The number of carboxylic acid groups (broad SMARTS) is 1. The predicted molar refractivity (Wildman–Crippen MR) is 76.8 cm³/mol. The maximum absolute atomic E-state index is 10.5. The number of unbranched alkanes of at least 4 members (excludes halogenated alkanes) is 1. The van der Waals surface area contributed by atoms with E-state index in [0.717, 1.165) is 36.2 Å². The maximum Gasteiger partial charge on any atom is 0.303 e. The number of methoxy groups -OCH3 is 1. The monoisotopic (exact) mass is 276 g/mol. The van der Waals surface area contributed by atoms with Crippen LogP contribution in [-0.4, -0.2) is 34.3 Å². The number of benzene rings is 1. The van der Waals surface area contributed by atoms with Crippen molar-refractivity contribution < 1.29 is 14.6 Å². The van der Waals surface area contributed by atoms with Gasteiger partial charge in [-0.15, -0.1) is 0 Å². The molecular weight excluding hydrogens is 256 g/mol. The van der Waals surface area contributed by atoms with Gasteiger partial charge in [-0.2, -0.15) is 0 Å².